The molecular weight excluding hydrogens is 103 g/mol. The van der Waals surface area contributed by atoms with Crippen molar-refractivity contribution in [2.24, 2.45) is 0 Å². The maximum absolute atomic E-state index is 3.59. The lowest BCUT2D eigenvalue weighted by Gasteiger charge is -1.83. The molecule has 0 aromatic heterocycles. The average molecular weight is 114 g/mol. The lowest BCUT2D eigenvalue weighted by atomic mass is 10.4. The van der Waals surface area contributed by atoms with Crippen molar-refractivity contribution in [1.82, 2.24) is 0 Å². The monoisotopic (exact) mass is 114 g/mol. The van der Waals surface area contributed by atoms with Gasteiger partial charge in [-0.2, -0.15) is 0 Å². The van der Waals surface area contributed by atoms with Gasteiger partial charge in [0, 0.05) is 0 Å². The van der Waals surface area contributed by atoms with Gasteiger partial charge >= 0.3 is 0 Å². The molecule has 0 aliphatic heterocycles. The van der Waals surface area contributed by atoms with Crippen LogP contribution in [0.4, 0.5) is 0 Å². The molecule has 0 nitrogen and oxygen atoms in total. The lowest BCUT2D eigenvalue weighted by Crippen LogP contribution is -1.56. The molecule has 7 heavy (non-hydrogen) atoms. The van der Waals surface area contributed by atoms with Crippen LogP contribution < -0.4 is 0 Å². The molecule has 0 saturated carbocycles. The Bertz CT molecular complexity index is 82.2. The predicted octanol–water partition coefficient (Wildman–Crippen LogP) is 2.34. The van der Waals surface area contributed by atoms with Gasteiger partial charge in [0.2, 0.25) is 0 Å². The topological polar surface area (TPSA) is 0 Å². The van der Waals surface area contributed by atoms with Crippen LogP contribution >= 0.6 is 9.24 Å². The Morgan fingerprint density at radius 2 is 2.43 bits per heavy atom. The Morgan fingerprint density at radius 1 is 1.86 bits per heavy atom. The SMILES string of the molecule is C=C/C(P)=C\CC. The highest BCUT2D eigenvalue weighted by molar-refractivity contribution is 7.22. The van der Waals surface area contributed by atoms with Crippen LogP contribution in [-0.4, -0.2) is 0 Å². The van der Waals surface area contributed by atoms with Crippen molar-refractivity contribution in [2.75, 3.05) is 0 Å². The molecule has 0 aromatic carbocycles. The minimum atomic E-state index is 1.09. The van der Waals surface area contributed by atoms with Gasteiger partial charge in [-0.05, 0) is 11.7 Å². The normalized spacial score (nSPS) is 11.4. The Kier molecular flexibility index (Phi) is 4.03. The van der Waals surface area contributed by atoms with Crippen LogP contribution in [0.25, 0.3) is 0 Å². The van der Waals surface area contributed by atoms with Crippen molar-refractivity contribution in [3.8, 4) is 0 Å². The molecule has 0 fully saturated rings. The van der Waals surface area contributed by atoms with Crippen molar-refractivity contribution in [3.05, 3.63) is 24.0 Å². The lowest BCUT2D eigenvalue weighted by molar-refractivity contribution is 1.22. The second-order valence-corrected chi connectivity index (χ2v) is 1.98. The van der Waals surface area contributed by atoms with E-state index in [1.807, 2.05) is 6.08 Å². The fourth-order valence-corrected chi connectivity index (χ4v) is 0.555. The first-order valence-electron chi connectivity index (χ1n) is 2.39. The minimum absolute atomic E-state index is 1.09. The molecule has 0 bridgehead atoms. The van der Waals surface area contributed by atoms with E-state index in [-0.39, 0.29) is 0 Å². The first-order chi connectivity index (χ1) is 3.31. The minimum Gasteiger partial charge on any atom is -0.106 e. The summed E-state index contributed by atoms with van der Waals surface area (Å²) in [6, 6.07) is 0. The summed E-state index contributed by atoms with van der Waals surface area (Å²) < 4.78 is 0. The second-order valence-electron chi connectivity index (χ2n) is 1.32. The molecule has 0 spiro atoms. The zero-order valence-corrected chi connectivity index (χ0v) is 5.80. The van der Waals surface area contributed by atoms with Gasteiger partial charge < -0.3 is 0 Å². The standard InChI is InChI=1S/C6H11P/c1-3-5-6(7)4-2/h4-5H,2-3,7H2,1H3/b6-5+. The molecule has 0 N–H and O–H groups in total. The molecule has 0 saturated heterocycles. The second kappa shape index (κ2) is 4.08. The molecular formula is C6H11P. The van der Waals surface area contributed by atoms with Gasteiger partial charge in [-0.3, -0.25) is 0 Å². The number of rotatable bonds is 2. The van der Waals surface area contributed by atoms with Crippen molar-refractivity contribution >= 4 is 9.24 Å². The smallest absolute Gasteiger partial charge is 0.0348 e. The van der Waals surface area contributed by atoms with Crippen molar-refractivity contribution in [3.63, 3.8) is 0 Å². The Hall–Kier alpha value is -0.0900. The third kappa shape index (κ3) is 3.75. The highest BCUT2D eigenvalue weighted by Crippen LogP contribution is 2.05. The summed E-state index contributed by atoms with van der Waals surface area (Å²) in [5.41, 5.74) is 0. The summed E-state index contributed by atoms with van der Waals surface area (Å²) in [4.78, 5) is 0. The zero-order chi connectivity index (χ0) is 5.70. The molecule has 1 heteroatoms. The molecule has 0 rings (SSSR count). The van der Waals surface area contributed by atoms with E-state index in [4.69, 9.17) is 0 Å². The van der Waals surface area contributed by atoms with E-state index in [2.05, 4.69) is 28.8 Å². The van der Waals surface area contributed by atoms with Gasteiger partial charge in [0.15, 0.2) is 0 Å². The van der Waals surface area contributed by atoms with E-state index < -0.39 is 0 Å². The summed E-state index contributed by atoms with van der Waals surface area (Å²) in [6.45, 7) is 5.69. The molecule has 0 radical (unpaired) electrons. The molecule has 1 atom stereocenters. The van der Waals surface area contributed by atoms with Crippen LogP contribution in [0.3, 0.4) is 0 Å². The predicted molar refractivity (Wildman–Crippen MR) is 38.3 cm³/mol. The highest BCUT2D eigenvalue weighted by atomic mass is 31.0. The Labute approximate surface area is 47.5 Å². The van der Waals surface area contributed by atoms with Crippen LogP contribution in [0.2, 0.25) is 0 Å². The molecule has 0 heterocycles. The first-order valence-corrected chi connectivity index (χ1v) is 2.97. The van der Waals surface area contributed by atoms with E-state index in [0.717, 1.165) is 6.42 Å². The molecule has 0 amide bonds. The Morgan fingerprint density at radius 3 is 2.57 bits per heavy atom. The summed E-state index contributed by atoms with van der Waals surface area (Å²) in [6.07, 6.45) is 5.02. The van der Waals surface area contributed by atoms with Gasteiger partial charge in [-0.15, -0.1) is 9.24 Å². The van der Waals surface area contributed by atoms with Gasteiger partial charge in [-0.1, -0.05) is 25.7 Å². The fraction of sp³-hybridized carbons (Fsp3) is 0.333. The van der Waals surface area contributed by atoms with Crippen molar-refractivity contribution < 1.29 is 0 Å². The maximum Gasteiger partial charge on any atom is -0.0348 e. The van der Waals surface area contributed by atoms with Gasteiger partial charge in [0.25, 0.3) is 0 Å². The molecule has 1 unspecified atom stereocenters. The molecule has 0 aliphatic carbocycles. The maximum atomic E-state index is 3.59. The molecule has 40 valence electrons. The van der Waals surface area contributed by atoms with E-state index in [1.165, 1.54) is 5.31 Å². The average Bonchev–Trinajstić information content (AvgIpc) is 1.68. The number of hydrogen-bond donors (Lipinski definition) is 0. The van der Waals surface area contributed by atoms with E-state index in [0.29, 0.717) is 0 Å². The quantitative estimate of drug-likeness (QED) is 0.382. The summed E-state index contributed by atoms with van der Waals surface area (Å²) in [7, 11) is 2.60. The van der Waals surface area contributed by atoms with Crippen molar-refractivity contribution in [2.45, 2.75) is 13.3 Å². The van der Waals surface area contributed by atoms with Crippen LogP contribution in [0.5, 0.6) is 0 Å². The third-order valence-electron chi connectivity index (χ3n) is 0.676. The number of allylic oxidation sites excluding steroid dienone is 3. The summed E-state index contributed by atoms with van der Waals surface area (Å²) >= 11 is 0. The van der Waals surface area contributed by atoms with Crippen LogP contribution in [-0.2, 0) is 0 Å². The first kappa shape index (κ1) is 6.91. The number of hydrogen-bond acceptors (Lipinski definition) is 0. The van der Waals surface area contributed by atoms with Crippen LogP contribution in [0.1, 0.15) is 13.3 Å². The van der Waals surface area contributed by atoms with Crippen LogP contribution in [0.15, 0.2) is 24.0 Å². The fourth-order valence-electron chi connectivity index (χ4n) is 0.319. The van der Waals surface area contributed by atoms with Crippen LogP contribution in [0, 0.1) is 0 Å². The van der Waals surface area contributed by atoms with Gasteiger partial charge in [0.05, 0.1) is 0 Å². The van der Waals surface area contributed by atoms with E-state index in [1.54, 1.807) is 0 Å². The van der Waals surface area contributed by atoms with Gasteiger partial charge in [-0.25, -0.2) is 0 Å². The third-order valence-corrected chi connectivity index (χ3v) is 1.15. The summed E-state index contributed by atoms with van der Waals surface area (Å²) in [5.74, 6) is 0. The van der Waals surface area contributed by atoms with Gasteiger partial charge in [0.1, 0.15) is 0 Å². The highest BCUT2D eigenvalue weighted by Gasteiger charge is 1.71. The largest absolute Gasteiger partial charge is 0.106 e. The zero-order valence-electron chi connectivity index (χ0n) is 4.65. The molecule has 0 aliphatic rings. The van der Waals surface area contributed by atoms with E-state index >= 15 is 0 Å². The van der Waals surface area contributed by atoms with E-state index in [9.17, 15) is 0 Å². The Balaban J connectivity index is 3.49. The van der Waals surface area contributed by atoms with Crippen molar-refractivity contribution in [1.29, 1.82) is 0 Å². The molecule has 0 aromatic rings. The summed E-state index contributed by atoms with van der Waals surface area (Å²) in [5, 5.41) is 1.18.